The number of anilines is 1. The largest absolute Gasteiger partial charge is 0.479 e. The van der Waals surface area contributed by atoms with Crippen LogP contribution < -0.4 is 21.1 Å². The summed E-state index contributed by atoms with van der Waals surface area (Å²) < 4.78 is 34.4. The Hall–Kier alpha value is -3.67. The van der Waals surface area contributed by atoms with Gasteiger partial charge in [-0.15, -0.1) is 5.92 Å². The summed E-state index contributed by atoms with van der Waals surface area (Å²) in [4.78, 5) is 28.2. The molecular weight excluding hydrogens is 418 g/mol. The average molecular weight is 442 g/mol. The van der Waals surface area contributed by atoms with Crippen molar-refractivity contribution in [1.82, 2.24) is 10.3 Å². The third kappa shape index (κ3) is 4.97. The summed E-state index contributed by atoms with van der Waals surface area (Å²) in [5.41, 5.74) is 3.96. The number of pyridine rings is 1. The van der Waals surface area contributed by atoms with E-state index in [1.807, 2.05) is 0 Å². The second kappa shape index (κ2) is 10.1. The summed E-state index contributed by atoms with van der Waals surface area (Å²) in [6.45, 7) is 0.878. The number of carbonyl (C=O) groups is 2. The molecule has 2 aromatic rings. The maximum atomic E-state index is 14.7. The van der Waals surface area contributed by atoms with Crippen LogP contribution in [0.5, 0.6) is 5.75 Å². The minimum atomic E-state index is -1.59. The van der Waals surface area contributed by atoms with Gasteiger partial charge < -0.3 is 21.1 Å². The number of ether oxygens (including phenoxy) is 1. The highest BCUT2D eigenvalue weighted by Crippen LogP contribution is 2.44. The van der Waals surface area contributed by atoms with Crippen LogP contribution in [0.2, 0.25) is 0 Å². The third-order valence-electron chi connectivity index (χ3n) is 5.52. The van der Waals surface area contributed by atoms with Crippen LogP contribution >= 0.6 is 0 Å². The van der Waals surface area contributed by atoms with Crippen molar-refractivity contribution in [2.75, 3.05) is 18.6 Å². The van der Waals surface area contributed by atoms with Crippen LogP contribution in [0.4, 0.5) is 19.3 Å². The highest BCUT2D eigenvalue weighted by atomic mass is 19.1. The molecule has 1 atom stereocenters. The average Bonchev–Trinajstić information content (AvgIpc) is 2.73. The summed E-state index contributed by atoms with van der Waals surface area (Å²) >= 11 is 0. The Balaban J connectivity index is 1.82. The summed E-state index contributed by atoms with van der Waals surface area (Å²) in [7, 11) is 0. The van der Waals surface area contributed by atoms with E-state index in [-0.39, 0.29) is 29.5 Å². The van der Waals surface area contributed by atoms with Gasteiger partial charge in [0.25, 0.3) is 5.91 Å². The molecule has 32 heavy (non-hydrogen) atoms. The monoisotopic (exact) mass is 442 g/mol. The van der Waals surface area contributed by atoms with E-state index >= 15 is 0 Å². The fourth-order valence-electron chi connectivity index (χ4n) is 3.66. The molecule has 3 amide bonds. The number of urea groups is 1. The molecule has 3 rings (SSSR count). The van der Waals surface area contributed by atoms with Crippen LogP contribution in [-0.4, -0.2) is 30.2 Å². The molecule has 0 bridgehead atoms. The Morgan fingerprint density at radius 1 is 1.31 bits per heavy atom. The second-order valence-electron chi connectivity index (χ2n) is 7.47. The van der Waals surface area contributed by atoms with Crippen molar-refractivity contribution in [3.63, 3.8) is 0 Å². The number of carbonyl (C=O) groups excluding carboxylic acids is 2. The number of rotatable bonds is 8. The zero-order valence-corrected chi connectivity index (χ0v) is 17.6. The lowest BCUT2D eigenvalue weighted by molar-refractivity contribution is 0.0992. The van der Waals surface area contributed by atoms with E-state index in [0.29, 0.717) is 18.6 Å². The molecule has 7 nitrogen and oxygen atoms in total. The smallest absolute Gasteiger partial charge is 0.312 e. The van der Waals surface area contributed by atoms with Crippen molar-refractivity contribution in [3.05, 3.63) is 53.6 Å². The van der Waals surface area contributed by atoms with Gasteiger partial charge >= 0.3 is 6.03 Å². The second-order valence-corrected chi connectivity index (χ2v) is 7.47. The lowest BCUT2D eigenvalue weighted by Gasteiger charge is -2.44. The molecule has 0 radical (unpaired) electrons. The van der Waals surface area contributed by atoms with Gasteiger partial charge in [0.1, 0.15) is 36.1 Å². The zero-order valence-electron chi connectivity index (χ0n) is 17.6. The van der Waals surface area contributed by atoms with E-state index in [1.54, 1.807) is 13.0 Å². The quantitative estimate of drug-likeness (QED) is 0.544. The van der Waals surface area contributed by atoms with E-state index in [1.165, 1.54) is 24.4 Å². The number of halogens is 2. The number of benzene rings is 1. The fraction of sp³-hybridized carbons (Fsp3) is 0.348. The molecule has 1 aliphatic carbocycles. The first kappa shape index (κ1) is 23.0. The van der Waals surface area contributed by atoms with Crippen molar-refractivity contribution >= 4 is 17.6 Å². The number of hydrogen-bond donors (Lipinski definition) is 3. The molecule has 0 spiro atoms. The molecule has 9 heteroatoms. The Morgan fingerprint density at radius 2 is 2.09 bits per heavy atom. The fourth-order valence-corrected chi connectivity index (χ4v) is 3.66. The van der Waals surface area contributed by atoms with Crippen LogP contribution in [0.3, 0.4) is 0 Å². The Kier molecular flexibility index (Phi) is 7.25. The summed E-state index contributed by atoms with van der Waals surface area (Å²) in [6, 6.07) is 5.91. The number of primary amides is 1. The highest BCUT2D eigenvalue weighted by Gasteiger charge is 2.46. The minimum Gasteiger partial charge on any atom is -0.479 e. The summed E-state index contributed by atoms with van der Waals surface area (Å²) in [5, 5.41) is 5.04. The van der Waals surface area contributed by atoms with Crippen LogP contribution in [0, 0.1) is 23.6 Å². The molecule has 4 N–H and O–H groups in total. The molecule has 1 saturated carbocycles. The standard InChI is InChI=1S/C23H24F2N4O3/c1-2-3-11-32-17-8-10-20(27-13-17)21(30)28-16-7-9-19(25)18(12-16)23(14-24,29-22(26)31)15-5-4-6-15/h7-10,12-13,15H,4-6,11,14H2,1H3,(H,28,30)(H3,26,29,31)/t23-/m0/s1. The first-order chi connectivity index (χ1) is 15.4. The molecule has 168 valence electrons. The third-order valence-corrected chi connectivity index (χ3v) is 5.52. The number of amides is 3. The van der Waals surface area contributed by atoms with Crippen molar-refractivity contribution in [1.29, 1.82) is 0 Å². The van der Waals surface area contributed by atoms with E-state index in [0.717, 1.165) is 12.5 Å². The molecule has 1 aliphatic rings. The minimum absolute atomic E-state index is 0.0601. The highest BCUT2D eigenvalue weighted by molar-refractivity contribution is 6.02. The maximum Gasteiger partial charge on any atom is 0.312 e. The van der Waals surface area contributed by atoms with E-state index < -0.39 is 30.0 Å². The lowest BCUT2D eigenvalue weighted by atomic mass is 9.68. The number of nitrogens with one attached hydrogen (secondary N) is 2. The number of nitrogens with two attached hydrogens (primary N) is 1. The summed E-state index contributed by atoms with van der Waals surface area (Å²) in [5.74, 6) is 4.37. The number of hydrogen-bond acceptors (Lipinski definition) is 4. The van der Waals surface area contributed by atoms with Crippen molar-refractivity contribution in [2.24, 2.45) is 11.7 Å². The van der Waals surface area contributed by atoms with Gasteiger partial charge in [0.2, 0.25) is 0 Å². The molecule has 1 aromatic heterocycles. The SMILES string of the molecule is CC#CCOc1ccc(C(=O)Nc2ccc(F)c([C@@](CF)(NC(N)=O)C3CCC3)c2)nc1. The molecular formula is C23H24F2N4O3. The molecule has 1 fully saturated rings. The van der Waals surface area contributed by atoms with Crippen LogP contribution in [0.25, 0.3) is 0 Å². The van der Waals surface area contributed by atoms with Gasteiger partial charge in [-0.3, -0.25) is 4.79 Å². The Bertz CT molecular complexity index is 1050. The van der Waals surface area contributed by atoms with Crippen LogP contribution in [0.1, 0.15) is 42.2 Å². The van der Waals surface area contributed by atoms with E-state index in [9.17, 15) is 18.4 Å². The molecule has 1 heterocycles. The van der Waals surface area contributed by atoms with Crippen LogP contribution in [-0.2, 0) is 5.54 Å². The maximum absolute atomic E-state index is 14.7. The lowest BCUT2D eigenvalue weighted by Crippen LogP contribution is -2.56. The van der Waals surface area contributed by atoms with E-state index in [2.05, 4.69) is 27.5 Å². The first-order valence-corrected chi connectivity index (χ1v) is 10.1. The Morgan fingerprint density at radius 3 is 2.66 bits per heavy atom. The number of aromatic nitrogens is 1. The zero-order chi connectivity index (χ0) is 23.1. The molecule has 0 saturated heterocycles. The van der Waals surface area contributed by atoms with Gasteiger partial charge in [-0.2, -0.15) is 0 Å². The van der Waals surface area contributed by atoms with Gasteiger partial charge in [-0.25, -0.2) is 18.6 Å². The van der Waals surface area contributed by atoms with Crippen molar-refractivity contribution in [3.8, 4) is 17.6 Å². The summed E-state index contributed by atoms with van der Waals surface area (Å²) in [6.07, 6.45) is 3.50. The normalized spacial score (nSPS) is 14.8. The van der Waals surface area contributed by atoms with Gasteiger partial charge in [-0.05, 0) is 56.0 Å². The molecule has 0 unspecified atom stereocenters. The number of alkyl halides is 1. The van der Waals surface area contributed by atoms with E-state index in [4.69, 9.17) is 10.5 Å². The topological polar surface area (TPSA) is 106 Å². The number of nitrogens with zero attached hydrogens (tertiary/aromatic N) is 1. The van der Waals surface area contributed by atoms with Crippen molar-refractivity contribution in [2.45, 2.75) is 31.7 Å². The molecule has 0 aliphatic heterocycles. The van der Waals surface area contributed by atoms with Gasteiger partial charge in [0.15, 0.2) is 0 Å². The van der Waals surface area contributed by atoms with Gasteiger partial charge in [0, 0.05) is 11.3 Å². The van der Waals surface area contributed by atoms with Gasteiger partial charge in [0.05, 0.1) is 6.20 Å². The Labute approximate surface area is 184 Å². The van der Waals surface area contributed by atoms with Gasteiger partial charge in [-0.1, -0.05) is 12.3 Å². The van der Waals surface area contributed by atoms with Crippen molar-refractivity contribution < 1.29 is 23.1 Å². The first-order valence-electron chi connectivity index (χ1n) is 10.1. The molecule has 1 aromatic carbocycles. The predicted molar refractivity (Wildman–Crippen MR) is 115 cm³/mol. The van der Waals surface area contributed by atoms with Crippen LogP contribution in [0.15, 0.2) is 36.5 Å². The predicted octanol–water partition coefficient (Wildman–Crippen LogP) is 3.51.